The van der Waals surface area contributed by atoms with Gasteiger partial charge in [0.05, 0.1) is 5.56 Å². The van der Waals surface area contributed by atoms with Gasteiger partial charge in [-0.25, -0.2) is 0 Å². The second kappa shape index (κ2) is 6.73. The Morgan fingerprint density at radius 3 is 2.89 bits per heavy atom. The first-order valence-electron chi connectivity index (χ1n) is 6.97. The van der Waals surface area contributed by atoms with Gasteiger partial charge in [0, 0.05) is 19.6 Å². The van der Waals surface area contributed by atoms with Crippen molar-refractivity contribution in [3.8, 4) is 0 Å². The van der Waals surface area contributed by atoms with Crippen molar-refractivity contribution in [1.29, 1.82) is 0 Å². The van der Waals surface area contributed by atoms with Gasteiger partial charge in [0.15, 0.2) is 0 Å². The molecule has 0 spiro atoms. The minimum Gasteiger partial charge on any atom is -0.469 e. The van der Waals surface area contributed by atoms with Crippen LogP contribution in [0.4, 0.5) is 0 Å². The third-order valence-corrected chi connectivity index (χ3v) is 3.53. The van der Waals surface area contributed by atoms with Gasteiger partial charge in [-0.05, 0) is 45.5 Å². The third kappa shape index (κ3) is 3.81. The third-order valence-electron chi connectivity index (χ3n) is 3.53. The molecule has 0 unspecified atom stereocenters. The zero-order chi connectivity index (χ0) is 13.7. The van der Waals surface area contributed by atoms with Crippen LogP contribution in [0.5, 0.6) is 0 Å². The lowest BCUT2D eigenvalue weighted by atomic mass is 10.2. The molecule has 0 bridgehead atoms. The molecule has 1 aliphatic rings. The first kappa shape index (κ1) is 14.1. The van der Waals surface area contributed by atoms with Crippen LogP contribution in [0.1, 0.15) is 29.0 Å². The Labute approximate surface area is 114 Å². The van der Waals surface area contributed by atoms with Crippen LogP contribution in [0.2, 0.25) is 0 Å². The minimum atomic E-state index is 0.0810. The van der Waals surface area contributed by atoms with Crippen LogP contribution in [0.25, 0.3) is 0 Å². The van der Waals surface area contributed by atoms with Crippen LogP contribution in [-0.4, -0.2) is 55.0 Å². The number of rotatable bonds is 4. The summed E-state index contributed by atoms with van der Waals surface area (Å²) < 4.78 is 5.21. The van der Waals surface area contributed by atoms with Crippen molar-refractivity contribution in [2.75, 3.05) is 39.3 Å². The van der Waals surface area contributed by atoms with E-state index in [9.17, 15) is 4.79 Å². The van der Waals surface area contributed by atoms with Gasteiger partial charge in [-0.15, -0.1) is 0 Å². The zero-order valence-electron chi connectivity index (χ0n) is 11.6. The normalized spacial score (nSPS) is 17.5. The molecule has 2 N–H and O–H groups in total. The topological polar surface area (TPSA) is 62.7 Å². The largest absolute Gasteiger partial charge is 0.469 e. The zero-order valence-corrected chi connectivity index (χ0v) is 11.6. The smallest absolute Gasteiger partial charge is 0.257 e. The van der Waals surface area contributed by atoms with Gasteiger partial charge in [0.2, 0.25) is 0 Å². The molecule has 2 heterocycles. The molecule has 1 fully saturated rings. The lowest BCUT2D eigenvalue weighted by Gasteiger charge is -2.21. The average molecular weight is 265 g/mol. The average Bonchev–Trinajstić information content (AvgIpc) is 2.71. The van der Waals surface area contributed by atoms with E-state index in [-0.39, 0.29) is 5.91 Å². The molecule has 19 heavy (non-hydrogen) atoms. The Balaban J connectivity index is 1.90. The lowest BCUT2D eigenvalue weighted by molar-refractivity contribution is 0.0760. The van der Waals surface area contributed by atoms with E-state index in [1.807, 2.05) is 11.8 Å². The summed E-state index contributed by atoms with van der Waals surface area (Å²) in [6.45, 7) is 7.21. The second-order valence-electron chi connectivity index (χ2n) is 5.08. The van der Waals surface area contributed by atoms with Gasteiger partial charge in [-0.3, -0.25) is 4.79 Å². The predicted octanol–water partition coefficient (Wildman–Crippen LogP) is 1.08. The Bertz CT molecular complexity index is 417. The molecule has 0 saturated carbocycles. The highest BCUT2D eigenvalue weighted by Gasteiger charge is 2.21. The predicted molar refractivity (Wildman–Crippen MR) is 74.1 cm³/mol. The maximum Gasteiger partial charge on any atom is 0.257 e. The summed E-state index contributed by atoms with van der Waals surface area (Å²) in [6.07, 6.45) is 3.59. The second-order valence-corrected chi connectivity index (χ2v) is 5.08. The number of nitrogens with zero attached hydrogens (tertiary/aromatic N) is 2. The fourth-order valence-electron chi connectivity index (χ4n) is 2.45. The molecular formula is C14H23N3O2. The molecule has 0 aliphatic carbocycles. The summed E-state index contributed by atoms with van der Waals surface area (Å²) in [5.74, 6) is 0.861. The molecule has 1 aromatic rings. The highest BCUT2D eigenvalue weighted by atomic mass is 16.3. The van der Waals surface area contributed by atoms with Crippen LogP contribution in [0, 0.1) is 6.92 Å². The van der Waals surface area contributed by atoms with Crippen molar-refractivity contribution in [1.82, 2.24) is 9.80 Å². The fraction of sp³-hybridized carbons (Fsp3) is 0.643. The fourth-order valence-corrected chi connectivity index (χ4v) is 2.45. The number of amides is 1. The van der Waals surface area contributed by atoms with Crippen molar-refractivity contribution in [2.45, 2.75) is 19.8 Å². The molecular weight excluding hydrogens is 242 g/mol. The molecule has 1 aromatic heterocycles. The first-order chi connectivity index (χ1) is 9.20. The molecule has 0 aromatic carbocycles. The molecule has 1 saturated heterocycles. The number of carbonyl (C=O) groups excluding carboxylic acids is 1. The molecule has 5 heteroatoms. The van der Waals surface area contributed by atoms with Gasteiger partial charge < -0.3 is 20.0 Å². The van der Waals surface area contributed by atoms with Crippen molar-refractivity contribution in [3.63, 3.8) is 0 Å². The number of aryl methyl sites for hydroxylation is 1. The van der Waals surface area contributed by atoms with Gasteiger partial charge in [-0.2, -0.15) is 0 Å². The SMILES string of the molecule is Cc1cc(C(=O)N2CCCN(CCCN)CC2)co1. The quantitative estimate of drug-likeness (QED) is 0.885. The standard InChI is InChI=1S/C14H23N3O2/c1-12-10-13(11-19-12)14(18)17-7-3-6-16(8-9-17)5-2-4-15/h10-11H,2-9,15H2,1H3. The number of hydrogen-bond acceptors (Lipinski definition) is 4. The maximum atomic E-state index is 12.3. The van der Waals surface area contributed by atoms with Crippen molar-refractivity contribution < 1.29 is 9.21 Å². The summed E-state index contributed by atoms with van der Waals surface area (Å²) >= 11 is 0. The van der Waals surface area contributed by atoms with Crippen molar-refractivity contribution in [2.24, 2.45) is 5.73 Å². The molecule has 2 rings (SSSR count). The van der Waals surface area contributed by atoms with E-state index in [4.69, 9.17) is 10.2 Å². The summed E-state index contributed by atoms with van der Waals surface area (Å²) in [5, 5.41) is 0. The van der Waals surface area contributed by atoms with Crippen LogP contribution in [-0.2, 0) is 0 Å². The molecule has 0 radical (unpaired) electrons. The highest BCUT2D eigenvalue weighted by Crippen LogP contribution is 2.12. The van der Waals surface area contributed by atoms with E-state index in [1.54, 1.807) is 12.3 Å². The maximum absolute atomic E-state index is 12.3. The lowest BCUT2D eigenvalue weighted by Crippen LogP contribution is -2.35. The van der Waals surface area contributed by atoms with E-state index in [0.717, 1.165) is 57.9 Å². The molecule has 0 atom stereocenters. The Morgan fingerprint density at radius 2 is 2.21 bits per heavy atom. The number of nitrogens with two attached hydrogens (primary N) is 1. The van der Waals surface area contributed by atoms with E-state index < -0.39 is 0 Å². The molecule has 5 nitrogen and oxygen atoms in total. The van der Waals surface area contributed by atoms with Crippen LogP contribution in [0.3, 0.4) is 0 Å². The highest BCUT2D eigenvalue weighted by molar-refractivity contribution is 5.94. The Kier molecular flexibility index (Phi) is 4.99. The van der Waals surface area contributed by atoms with Gasteiger partial charge in [0.25, 0.3) is 5.91 Å². The molecule has 106 valence electrons. The summed E-state index contributed by atoms with van der Waals surface area (Å²) in [6, 6.07) is 1.80. The van der Waals surface area contributed by atoms with Gasteiger partial charge >= 0.3 is 0 Å². The molecule has 1 amide bonds. The Hall–Kier alpha value is -1.33. The van der Waals surface area contributed by atoms with Crippen molar-refractivity contribution >= 4 is 5.91 Å². The summed E-state index contributed by atoms with van der Waals surface area (Å²) in [4.78, 5) is 16.6. The Morgan fingerprint density at radius 1 is 1.37 bits per heavy atom. The minimum absolute atomic E-state index is 0.0810. The van der Waals surface area contributed by atoms with Gasteiger partial charge in [0.1, 0.15) is 12.0 Å². The summed E-state index contributed by atoms with van der Waals surface area (Å²) in [5.41, 5.74) is 6.20. The first-order valence-corrected chi connectivity index (χ1v) is 6.97. The van der Waals surface area contributed by atoms with Gasteiger partial charge in [-0.1, -0.05) is 0 Å². The van der Waals surface area contributed by atoms with E-state index >= 15 is 0 Å². The van der Waals surface area contributed by atoms with Crippen molar-refractivity contribution in [3.05, 3.63) is 23.7 Å². The van der Waals surface area contributed by atoms with Crippen LogP contribution in [0.15, 0.2) is 16.7 Å². The monoisotopic (exact) mass is 265 g/mol. The van der Waals surface area contributed by atoms with E-state index in [1.165, 1.54) is 0 Å². The number of carbonyl (C=O) groups is 1. The number of furan rings is 1. The molecule has 1 aliphatic heterocycles. The summed E-state index contributed by atoms with van der Waals surface area (Å²) in [7, 11) is 0. The van der Waals surface area contributed by atoms with E-state index in [0.29, 0.717) is 5.56 Å². The van der Waals surface area contributed by atoms with Crippen LogP contribution < -0.4 is 5.73 Å². The van der Waals surface area contributed by atoms with Crippen LogP contribution >= 0.6 is 0 Å². The van der Waals surface area contributed by atoms with E-state index in [2.05, 4.69) is 4.90 Å². The number of hydrogen-bond donors (Lipinski definition) is 1.